The Kier molecular flexibility index (Phi) is 4.62. The average molecular weight is 354 g/mol. The molecule has 0 spiro atoms. The zero-order valence-electron chi connectivity index (χ0n) is 15.0. The second kappa shape index (κ2) is 7.06. The van der Waals surface area contributed by atoms with Crippen LogP contribution in [-0.4, -0.2) is 23.5 Å². The molecule has 0 N–H and O–H groups in total. The van der Waals surface area contributed by atoms with Gasteiger partial charge in [0.15, 0.2) is 6.61 Å². The third kappa shape index (κ3) is 3.18. The number of ether oxygens (including phenoxy) is 1. The van der Waals surface area contributed by atoms with E-state index >= 15 is 0 Å². The molecule has 0 saturated heterocycles. The summed E-state index contributed by atoms with van der Waals surface area (Å²) in [6, 6.07) is 6.57. The van der Waals surface area contributed by atoms with Crippen LogP contribution >= 0.6 is 0 Å². The van der Waals surface area contributed by atoms with Gasteiger partial charge >= 0.3 is 0 Å². The summed E-state index contributed by atoms with van der Waals surface area (Å²) in [6.07, 6.45) is 7.58. The monoisotopic (exact) mass is 354 g/mol. The number of pyridine rings is 1. The van der Waals surface area contributed by atoms with Crippen molar-refractivity contribution >= 4 is 11.6 Å². The number of halogens is 1. The molecule has 1 aromatic heterocycles. The fraction of sp³-hybridized carbons (Fsp3) is 0.429. The quantitative estimate of drug-likeness (QED) is 0.841. The summed E-state index contributed by atoms with van der Waals surface area (Å²) in [6.45, 7) is 2.01. The predicted molar refractivity (Wildman–Crippen MR) is 98.0 cm³/mol. The van der Waals surface area contributed by atoms with Crippen molar-refractivity contribution in [2.75, 3.05) is 11.5 Å². The topological polar surface area (TPSA) is 42.4 Å². The average Bonchev–Trinajstić information content (AvgIpc) is 2.66. The molecule has 0 bridgehead atoms. The third-order valence-corrected chi connectivity index (χ3v) is 5.39. The number of nitrogens with zero attached hydrogens (tertiary/aromatic N) is 2. The highest BCUT2D eigenvalue weighted by Crippen LogP contribution is 2.32. The molecule has 2 aromatic rings. The first-order valence-electron chi connectivity index (χ1n) is 9.33. The summed E-state index contributed by atoms with van der Waals surface area (Å²) >= 11 is 0. The summed E-state index contributed by atoms with van der Waals surface area (Å²) in [5.41, 5.74) is 3.92. The highest BCUT2D eigenvalue weighted by Gasteiger charge is 2.29. The normalized spacial score (nSPS) is 18.8. The fourth-order valence-corrected chi connectivity index (χ4v) is 4.04. The van der Waals surface area contributed by atoms with Crippen molar-refractivity contribution in [2.24, 2.45) is 0 Å². The van der Waals surface area contributed by atoms with Gasteiger partial charge in [0, 0.05) is 29.2 Å². The number of hydrogen-bond donors (Lipinski definition) is 0. The lowest BCUT2D eigenvalue weighted by atomic mass is 9.95. The molecule has 1 aromatic carbocycles. The number of amides is 1. The van der Waals surface area contributed by atoms with Crippen molar-refractivity contribution in [3.05, 3.63) is 53.1 Å². The number of carbonyl (C=O) groups is 1. The standard InChI is InChI=1S/C21H23FN2O2/c1-14-6-7-15-12-16(22)8-9-19(15)24(14)21(25)13-26-20-10-11-23-18-5-3-2-4-17(18)20/h8-12,14H,2-7,13H2,1H3. The van der Waals surface area contributed by atoms with Gasteiger partial charge in [-0.15, -0.1) is 0 Å². The van der Waals surface area contributed by atoms with Crippen molar-refractivity contribution in [1.82, 2.24) is 4.98 Å². The second-order valence-electron chi connectivity index (χ2n) is 7.15. The first kappa shape index (κ1) is 17.0. The molecule has 2 heterocycles. The molecular weight excluding hydrogens is 331 g/mol. The van der Waals surface area contributed by atoms with Gasteiger partial charge in [0.05, 0.1) is 0 Å². The molecule has 0 radical (unpaired) electrons. The maximum atomic E-state index is 13.5. The second-order valence-corrected chi connectivity index (χ2v) is 7.15. The van der Waals surface area contributed by atoms with E-state index in [1.165, 1.54) is 12.1 Å². The molecule has 5 heteroatoms. The zero-order chi connectivity index (χ0) is 18.1. The van der Waals surface area contributed by atoms with Crippen molar-refractivity contribution in [1.29, 1.82) is 0 Å². The Labute approximate surface area is 153 Å². The number of aryl methyl sites for hydroxylation is 2. The summed E-state index contributed by atoms with van der Waals surface area (Å²) < 4.78 is 19.4. The van der Waals surface area contributed by atoms with Crippen molar-refractivity contribution in [2.45, 2.75) is 51.5 Å². The van der Waals surface area contributed by atoms with Gasteiger partial charge in [-0.2, -0.15) is 0 Å². The SMILES string of the molecule is CC1CCc2cc(F)ccc2N1C(=O)COc1ccnc2c1CCCC2. The molecule has 1 aliphatic heterocycles. The Morgan fingerprint density at radius 2 is 2.12 bits per heavy atom. The molecule has 1 unspecified atom stereocenters. The highest BCUT2D eigenvalue weighted by atomic mass is 19.1. The number of hydrogen-bond acceptors (Lipinski definition) is 3. The molecule has 4 nitrogen and oxygen atoms in total. The molecule has 1 atom stereocenters. The predicted octanol–water partition coefficient (Wildman–Crippen LogP) is 3.85. The van der Waals surface area contributed by atoms with E-state index in [9.17, 15) is 9.18 Å². The van der Waals surface area contributed by atoms with Gasteiger partial charge in [0.1, 0.15) is 11.6 Å². The first-order valence-corrected chi connectivity index (χ1v) is 9.33. The lowest BCUT2D eigenvalue weighted by Gasteiger charge is -2.35. The van der Waals surface area contributed by atoms with E-state index in [0.29, 0.717) is 0 Å². The van der Waals surface area contributed by atoms with Crippen LogP contribution in [0.1, 0.15) is 43.0 Å². The van der Waals surface area contributed by atoms with Crippen LogP contribution in [0, 0.1) is 5.82 Å². The van der Waals surface area contributed by atoms with Gasteiger partial charge in [-0.05, 0) is 75.3 Å². The maximum Gasteiger partial charge on any atom is 0.265 e. The summed E-state index contributed by atoms with van der Waals surface area (Å²) in [5.74, 6) is 0.420. The molecule has 2 aliphatic rings. The minimum absolute atomic E-state index is 0.0163. The molecule has 136 valence electrons. The maximum absolute atomic E-state index is 13.5. The van der Waals surface area contributed by atoms with Gasteiger partial charge in [0.2, 0.25) is 0 Å². The third-order valence-electron chi connectivity index (χ3n) is 5.39. The van der Waals surface area contributed by atoms with E-state index in [0.717, 1.165) is 66.8 Å². The van der Waals surface area contributed by atoms with E-state index in [1.54, 1.807) is 17.2 Å². The molecule has 0 saturated carbocycles. The zero-order valence-corrected chi connectivity index (χ0v) is 15.0. The lowest BCUT2D eigenvalue weighted by Crippen LogP contribution is -2.44. The van der Waals surface area contributed by atoms with E-state index < -0.39 is 0 Å². The van der Waals surface area contributed by atoms with E-state index in [1.807, 2.05) is 13.0 Å². The number of rotatable bonds is 3. The largest absolute Gasteiger partial charge is 0.483 e. The van der Waals surface area contributed by atoms with Crippen molar-refractivity contribution in [3.8, 4) is 5.75 Å². The van der Waals surface area contributed by atoms with Gasteiger partial charge in [-0.3, -0.25) is 9.78 Å². The van der Waals surface area contributed by atoms with Crippen molar-refractivity contribution < 1.29 is 13.9 Å². The van der Waals surface area contributed by atoms with Crippen LogP contribution in [0.15, 0.2) is 30.5 Å². The Morgan fingerprint density at radius 1 is 1.27 bits per heavy atom. The van der Waals surface area contributed by atoms with Crippen LogP contribution in [0.4, 0.5) is 10.1 Å². The van der Waals surface area contributed by atoms with Crippen LogP contribution in [0.5, 0.6) is 5.75 Å². The summed E-state index contributed by atoms with van der Waals surface area (Å²) in [5, 5.41) is 0. The number of fused-ring (bicyclic) bond motifs is 2. The van der Waals surface area contributed by atoms with Gasteiger partial charge in [0.25, 0.3) is 5.91 Å². The molecule has 4 rings (SSSR count). The number of benzene rings is 1. The van der Waals surface area contributed by atoms with Crippen LogP contribution < -0.4 is 9.64 Å². The first-order chi connectivity index (χ1) is 12.6. The van der Waals surface area contributed by atoms with E-state index in [-0.39, 0.29) is 24.4 Å². The lowest BCUT2D eigenvalue weighted by molar-refractivity contribution is -0.121. The van der Waals surface area contributed by atoms with E-state index in [2.05, 4.69) is 4.98 Å². The minimum Gasteiger partial charge on any atom is -0.483 e. The van der Waals surface area contributed by atoms with E-state index in [4.69, 9.17) is 4.74 Å². The van der Waals surface area contributed by atoms with Crippen LogP contribution in [0.3, 0.4) is 0 Å². The molecule has 1 amide bonds. The molecule has 1 aliphatic carbocycles. The Hall–Kier alpha value is -2.43. The van der Waals surface area contributed by atoms with Gasteiger partial charge < -0.3 is 9.64 Å². The Morgan fingerprint density at radius 3 is 3.00 bits per heavy atom. The highest BCUT2D eigenvalue weighted by molar-refractivity contribution is 5.96. The van der Waals surface area contributed by atoms with Gasteiger partial charge in [-0.1, -0.05) is 0 Å². The van der Waals surface area contributed by atoms with Crippen LogP contribution in [0.2, 0.25) is 0 Å². The number of aromatic nitrogens is 1. The van der Waals surface area contributed by atoms with Crippen LogP contribution in [0.25, 0.3) is 0 Å². The number of anilines is 1. The summed E-state index contributed by atoms with van der Waals surface area (Å²) in [7, 11) is 0. The smallest absolute Gasteiger partial charge is 0.265 e. The van der Waals surface area contributed by atoms with Crippen molar-refractivity contribution in [3.63, 3.8) is 0 Å². The summed E-state index contributed by atoms with van der Waals surface area (Å²) in [4.78, 5) is 19.1. The molecule has 0 fully saturated rings. The van der Waals surface area contributed by atoms with Gasteiger partial charge in [-0.25, -0.2) is 4.39 Å². The fourth-order valence-electron chi connectivity index (χ4n) is 4.04. The Balaban J connectivity index is 1.53. The van der Waals surface area contributed by atoms with Crippen LogP contribution in [-0.2, 0) is 24.1 Å². The Bertz CT molecular complexity index is 837. The molecule has 26 heavy (non-hydrogen) atoms. The number of carbonyl (C=O) groups excluding carboxylic acids is 1. The molecular formula is C21H23FN2O2. The minimum atomic E-state index is -0.259.